The Morgan fingerprint density at radius 2 is 2.17 bits per heavy atom. The third-order valence-electron chi connectivity index (χ3n) is 3.08. The molecule has 2 aromatic rings. The second-order valence-electron chi connectivity index (χ2n) is 4.58. The Bertz CT molecular complexity index is 534. The summed E-state index contributed by atoms with van der Waals surface area (Å²) >= 11 is 9.72. The largest absolute Gasteiger partial charge is 0.327 e. The zero-order chi connectivity index (χ0) is 13.1. The van der Waals surface area contributed by atoms with E-state index in [2.05, 4.69) is 50.6 Å². The summed E-state index contributed by atoms with van der Waals surface area (Å²) in [7, 11) is 0. The van der Waals surface area contributed by atoms with E-state index in [0.717, 1.165) is 22.4 Å². The Balaban J connectivity index is 2.42. The highest BCUT2D eigenvalue weighted by Crippen LogP contribution is 2.27. The van der Waals surface area contributed by atoms with Crippen LogP contribution in [0, 0.1) is 0 Å². The fraction of sp³-hybridized carbons (Fsp3) is 0.500. The number of aryl methyl sites for hydroxylation is 1. The lowest BCUT2D eigenvalue weighted by Crippen LogP contribution is -2.04. The van der Waals surface area contributed by atoms with E-state index in [0.29, 0.717) is 0 Å². The van der Waals surface area contributed by atoms with Gasteiger partial charge in [0, 0.05) is 11.0 Å². The highest BCUT2D eigenvalue weighted by molar-refractivity contribution is 9.10. The van der Waals surface area contributed by atoms with Crippen molar-refractivity contribution in [2.24, 2.45) is 0 Å². The van der Waals surface area contributed by atoms with Gasteiger partial charge in [-0.15, -0.1) is 11.6 Å². The second-order valence-corrected chi connectivity index (χ2v) is 6.15. The molecule has 0 N–H and O–H groups in total. The van der Waals surface area contributed by atoms with Gasteiger partial charge < -0.3 is 4.57 Å². The summed E-state index contributed by atoms with van der Waals surface area (Å²) in [6.45, 7) is 5.20. The molecule has 0 aliphatic heterocycles. The molecule has 1 heterocycles. The summed E-state index contributed by atoms with van der Waals surface area (Å²) in [5.74, 6) is 0.973. The van der Waals surface area contributed by atoms with E-state index in [-0.39, 0.29) is 5.38 Å². The normalized spacial score (nSPS) is 13.1. The van der Waals surface area contributed by atoms with Crippen LogP contribution in [0.3, 0.4) is 0 Å². The maximum Gasteiger partial charge on any atom is 0.127 e. The predicted molar refractivity (Wildman–Crippen MR) is 81.2 cm³/mol. The third-order valence-corrected chi connectivity index (χ3v) is 3.77. The molecule has 1 unspecified atom stereocenters. The van der Waals surface area contributed by atoms with Crippen molar-refractivity contribution in [1.29, 1.82) is 0 Å². The van der Waals surface area contributed by atoms with Gasteiger partial charge in [-0.25, -0.2) is 4.98 Å². The van der Waals surface area contributed by atoms with Gasteiger partial charge >= 0.3 is 0 Å². The van der Waals surface area contributed by atoms with Crippen molar-refractivity contribution in [2.45, 2.75) is 45.0 Å². The molecule has 1 atom stereocenters. The van der Waals surface area contributed by atoms with Crippen LogP contribution in [0.5, 0.6) is 0 Å². The number of alkyl halides is 1. The van der Waals surface area contributed by atoms with Crippen LogP contribution in [0.2, 0.25) is 0 Å². The minimum atomic E-state index is -0.0576. The molecular weight excluding hydrogens is 312 g/mol. The van der Waals surface area contributed by atoms with E-state index in [1.165, 1.54) is 24.8 Å². The lowest BCUT2D eigenvalue weighted by molar-refractivity contribution is 0.591. The Labute approximate surface area is 121 Å². The monoisotopic (exact) mass is 328 g/mol. The SMILES string of the molecule is CCCCCn1c(C(C)Cl)nc2cc(Br)ccc21. The number of halogens is 2. The number of aromatic nitrogens is 2. The van der Waals surface area contributed by atoms with Gasteiger partial charge in [0.25, 0.3) is 0 Å². The molecule has 0 fully saturated rings. The lowest BCUT2D eigenvalue weighted by Gasteiger charge is -2.10. The van der Waals surface area contributed by atoms with Crippen molar-refractivity contribution >= 4 is 38.6 Å². The molecule has 0 aliphatic rings. The number of benzene rings is 1. The van der Waals surface area contributed by atoms with Crippen LogP contribution in [0.25, 0.3) is 11.0 Å². The summed E-state index contributed by atoms with van der Waals surface area (Å²) in [4.78, 5) is 4.65. The van der Waals surface area contributed by atoms with Crippen molar-refractivity contribution < 1.29 is 0 Å². The van der Waals surface area contributed by atoms with Crippen molar-refractivity contribution in [3.05, 3.63) is 28.5 Å². The molecule has 2 nitrogen and oxygen atoms in total. The van der Waals surface area contributed by atoms with Crippen LogP contribution >= 0.6 is 27.5 Å². The lowest BCUT2D eigenvalue weighted by atomic mass is 10.2. The quantitative estimate of drug-likeness (QED) is 0.538. The van der Waals surface area contributed by atoms with Gasteiger partial charge in [0.05, 0.1) is 16.4 Å². The first-order chi connectivity index (χ1) is 8.63. The molecule has 2 rings (SSSR count). The average molecular weight is 330 g/mol. The minimum absolute atomic E-state index is 0.0576. The van der Waals surface area contributed by atoms with Crippen molar-refractivity contribution in [3.63, 3.8) is 0 Å². The first-order valence-electron chi connectivity index (χ1n) is 6.43. The molecule has 0 saturated heterocycles. The van der Waals surface area contributed by atoms with Gasteiger partial charge in [0.15, 0.2) is 0 Å². The molecule has 0 saturated carbocycles. The number of nitrogens with zero attached hydrogens (tertiary/aromatic N) is 2. The molecule has 0 radical (unpaired) electrons. The number of imidazole rings is 1. The van der Waals surface area contributed by atoms with Gasteiger partial charge in [0.2, 0.25) is 0 Å². The fourth-order valence-corrected chi connectivity index (χ4v) is 2.70. The Kier molecular flexibility index (Phi) is 4.68. The smallest absolute Gasteiger partial charge is 0.127 e. The molecular formula is C14H18BrClN2. The van der Waals surface area contributed by atoms with Gasteiger partial charge in [0.1, 0.15) is 5.82 Å². The van der Waals surface area contributed by atoms with E-state index in [9.17, 15) is 0 Å². The first kappa shape index (κ1) is 13.9. The van der Waals surface area contributed by atoms with Gasteiger partial charge in [-0.1, -0.05) is 35.7 Å². The molecule has 0 aliphatic carbocycles. The maximum absolute atomic E-state index is 6.24. The van der Waals surface area contributed by atoms with Gasteiger partial charge in [-0.3, -0.25) is 0 Å². The summed E-state index contributed by atoms with van der Waals surface area (Å²) in [5.41, 5.74) is 2.19. The number of rotatable bonds is 5. The number of fused-ring (bicyclic) bond motifs is 1. The molecule has 1 aromatic heterocycles. The van der Waals surface area contributed by atoms with Crippen LogP contribution in [0.1, 0.15) is 44.3 Å². The van der Waals surface area contributed by atoms with Crippen molar-refractivity contribution in [2.75, 3.05) is 0 Å². The standard InChI is InChI=1S/C14H18BrClN2/c1-3-4-5-8-18-13-7-6-11(15)9-12(13)17-14(18)10(2)16/h6-7,9-10H,3-5,8H2,1-2H3. The van der Waals surface area contributed by atoms with E-state index in [4.69, 9.17) is 11.6 Å². The average Bonchev–Trinajstić information content (AvgIpc) is 2.68. The molecule has 1 aromatic carbocycles. The van der Waals surface area contributed by atoms with Crippen molar-refractivity contribution in [3.8, 4) is 0 Å². The number of hydrogen-bond donors (Lipinski definition) is 0. The summed E-state index contributed by atoms with van der Waals surface area (Å²) in [6.07, 6.45) is 3.64. The molecule has 18 heavy (non-hydrogen) atoms. The van der Waals surface area contributed by atoms with Crippen molar-refractivity contribution in [1.82, 2.24) is 9.55 Å². The summed E-state index contributed by atoms with van der Waals surface area (Å²) in [6, 6.07) is 6.22. The minimum Gasteiger partial charge on any atom is -0.327 e. The summed E-state index contributed by atoms with van der Waals surface area (Å²) in [5, 5.41) is -0.0576. The molecule has 0 spiro atoms. The highest BCUT2D eigenvalue weighted by atomic mass is 79.9. The molecule has 4 heteroatoms. The van der Waals surface area contributed by atoms with Gasteiger partial charge in [-0.05, 0) is 31.5 Å². The zero-order valence-electron chi connectivity index (χ0n) is 10.8. The number of hydrogen-bond acceptors (Lipinski definition) is 1. The highest BCUT2D eigenvalue weighted by Gasteiger charge is 2.14. The maximum atomic E-state index is 6.24. The van der Waals surface area contributed by atoms with E-state index < -0.39 is 0 Å². The Morgan fingerprint density at radius 3 is 2.83 bits per heavy atom. The Morgan fingerprint density at radius 1 is 1.39 bits per heavy atom. The van der Waals surface area contributed by atoms with E-state index in [1.807, 2.05) is 6.92 Å². The summed E-state index contributed by atoms with van der Waals surface area (Å²) < 4.78 is 3.32. The fourth-order valence-electron chi connectivity index (χ4n) is 2.18. The van der Waals surface area contributed by atoms with Gasteiger partial charge in [-0.2, -0.15) is 0 Å². The predicted octanol–water partition coefficient (Wildman–Crippen LogP) is 5.29. The number of unbranched alkanes of at least 4 members (excludes halogenated alkanes) is 2. The van der Waals surface area contributed by atoms with E-state index in [1.54, 1.807) is 0 Å². The van der Waals surface area contributed by atoms with Crippen LogP contribution < -0.4 is 0 Å². The van der Waals surface area contributed by atoms with Crippen LogP contribution in [-0.2, 0) is 6.54 Å². The molecule has 0 amide bonds. The van der Waals surface area contributed by atoms with Crippen LogP contribution in [0.4, 0.5) is 0 Å². The topological polar surface area (TPSA) is 17.8 Å². The third kappa shape index (κ3) is 2.89. The van der Waals surface area contributed by atoms with Crippen LogP contribution in [-0.4, -0.2) is 9.55 Å². The van der Waals surface area contributed by atoms with E-state index >= 15 is 0 Å². The molecule has 98 valence electrons. The van der Waals surface area contributed by atoms with Crippen LogP contribution in [0.15, 0.2) is 22.7 Å². The molecule has 0 bridgehead atoms. The Hall–Kier alpha value is -0.540. The first-order valence-corrected chi connectivity index (χ1v) is 7.66. The second kappa shape index (κ2) is 6.07. The zero-order valence-corrected chi connectivity index (χ0v) is 13.1.